The smallest absolute Gasteiger partial charge is 0.275 e. The van der Waals surface area contributed by atoms with E-state index in [4.69, 9.17) is 0 Å². The first kappa shape index (κ1) is 15.2. The third-order valence-corrected chi connectivity index (χ3v) is 4.16. The molecular formula is C18H17N3OS. The highest BCUT2D eigenvalue weighted by atomic mass is 32.1. The number of benzene rings is 2. The Balaban J connectivity index is 1.72. The van der Waals surface area contributed by atoms with Gasteiger partial charge in [0.15, 0.2) is 5.13 Å². The molecule has 0 aliphatic heterocycles. The fraction of sp³-hybridized carbons (Fsp3) is 0.111. The van der Waals surface area contributed by atoms with Gasteiger partial charge in [-0.05, 0) is 43.2 Å². The summed E-state index contributed by atoms with van der Waals surface area (Å²) in [5, 5.41) is 8.57. The second kappa shape index (κ2) is 6.62. The van der Waals surface area contributed by atoms with Crippen LogP contribution in [-0.2, 0) is 0 Å². The summed E-state index contributed by atoms with van der Waals surface area (Å²) in [5.41, 5.74) is 4.32. The molecule has 0 aliphatic rings. The summed E-state index contributed by atoms with van der Waals surface area (Å²) in [6, 6.07) is 15.7. The number of rotatable bonds is 4. The van der Waals surface area contributed by atoms with E-state index in [0.29, 0.717) is 10.8 Å². The van der Waals surface area contributed by atoms with Crippen LogP contribution in [0.4, 0.5) is 16.5 Å². The summed E-state index contributed by atoms with van der Waals surface area (Å²) >= 11 is 1.41. The van der Waals surface area contributed by atoms with Crippen molar-refractivity contribution in [1.29, 1.82) is 0 Å². The minimum atomic E-state index is -0.198. The number of hydrogen-bond acceptors (Lipinski definition) is 4. The van der Waals surface area contributed by atoms with E-state index < -0.39 is 0 Å². The standard InChI is InChI=1S/C18H17N3OS/c1-12-8-9-13(2)15(10-12)20-17(22)16-11-23-18(21-16)19-14-6-4-3-5-7-14/h3-11H,1-2H3,(H,19,21)(H,20,22). The van der Waals surface area contributed by atoms with Gasteiger partial charge >= 0.3 is 0 Å². The predicted molar refractivity (Wildman–Crippen MR) is 95.7 cm³/mol. The number of hydrogen-bond donors (Lipinski definition) is 2. The van der Waals surface area contributed by atoms with Gasteiger partial charge in [-0.2, -0.15) is 0 Å². The molecule has 3 rings (SSSR count). The molecule has 0 saturated carbocycles. The van der Waals surface area contributed by atoms with Crippen molar-refractivity contribution in [3.63, 3.8) is 0 Å². The Morgan fingerprint density at radius 3 is 2.65 bits per heavy atom. The van der Waals surface area contributed by atoms with Crippen LogP contribution in [0, 0.1) is 13.8 Å². The van der Waals surface area contributed by atoms with E-state index in [2.05, 4.69) is 15.6 Å². The number of aryl methyl sites for hydroxylation is 2. The summed E-state index contributed by atoms with van der Waals surface area (Å²) in [7, 11) is 0. The minimum absolute atomic E-state index is 0.198. The Bertz CT molecular complexity index is 827. The maximum absolute atomic E-state index is 12.3. The van der Waals surface area contributed by atoms with E-state index in [0.717, 1.165) is 22.5 Å². The number of carbonyl (C=O) groups is 1. The zero-order chi connectivity index (χ0) is 16.2. The molecule has 0 unspecified atom stereocenters. The van der Waals surface area contributed by atoms with Crippen molar-refractivity contribution in [2.75, 3.05) is 10.6 Å². The van der Waals surface area contributed by atoms with Crippen LogP contribution >= 0.6 is 11.3 Å². The fourth-order valence-electron chi connectivity index (χ4n) is 2.14. The average Bonchev–Trinajstić information content (AvgIpc) is 3.00. The molecule has 0 spiro atoms. The molecule has 5 heteroatoms. The maximum Gasteiger partial charge on any atom is 0.275 e. The SMILES string of the molecule is Cc1ccc(C)c(NC(=O)c2csc(Nc3ccccc3)n2)c1. The molecule has 3 aromatic rings. The number of amides is 1. The van der Waals surface area contributed by atoms with Crippen molar-refractivity contribution in [1.82, 2.24) is 4.98 Å². The van der Waals surface area contributed by atoms with Crippen molar-refractivity contribution in [3.05, 3.63) is 70.7 Å². The third kappa shape index (κ3) is 3.76. The van der Waals surface area contributed by atoms with Crippen LogP contribution in [-0.4, -0.2) is 10.9 Å². The summed E-state index contributed by atoms with van der Waals surface area (Å²) in [6.07, 6.45) is 0. The lowest BCUT2D eigenvalue weighted by Crippen LogP contribution is -2.13. The number of para-hydroxylation sites is 1. The second-order valence-electron chi connectivity index (χ2n) is 5.30. The third-order valence-electron chi connectivity index (χ3n) is 3.40. The molecule has 116 valence electrons. The van der Waals surface area contributed by atoms with Gasteiger partial charge in [-0.3, -0.25) is 4.79 Å². The molecule has 2 N–H and O–H groups in total. The van der Waals surface area contributed by atoms with Crippen molar-refractivity contribution >= 4 is 33.8 Å². The lowest BCUT2D eigenvalue weighted by molar-refractivity contribution is 0.102. The number of nitrogens with zero attached hydrogens (tertiary/aromatic N) is 1. The van der Waals surface area contributed by atoms with Gasteiger partial charge in [-0.1, -0.05) is 30.3 Å². The second-order valence-corrected chi connectivity index (χ2v) is 6.16. The first-order valence-electron chi connectivity index (χ1n) is 7.28. The minimum Gasteiger partial charge on any atom is -0.332 e. The first-order chi connectivity index (χ1) is 11.1. The molecular weight excluding hydrogens is 306 g/mol. The van der Waals surface area contributed by atoms with Gasteiger partial charge in [-0.15, -0.1) is 11.3 Å². The molecule has 0 atom stereocenters. The zero-order valence-corrected chi connectivity index (χ0v) is 13.8. The van der Waals surface area contributed by atoms with Gasteiger partial charge in [-0.25, -0.2) is 4.98 Å². The molecule has 1 heterocycles. The number of thiazole rings is 1. The fourth-order valence-corrected chi connectivity index (χ4v) is 2.85. The van der Waals surface area contributed by atoms with Gasteiger partial charge in [0.05, 0.1) is 0 Å². The predicted octanol–water partition coefficient (Wildman–Crippen LogP) is 4.76. The number of nitrogens with one attached hydrogen (secondary N) is 2. The van der Waals surface area contributed by atoms with Crippen LogP contribution in [0.3, 0.4) is 0 Å². The highest BCUT2D eigenvalue weighted by molar-refractivity contribution is 7.14. The van der Waals surface area contributed by atoms with Crippen molar-refractivity contribution in [2.24, 2.45) is 0 Å². The van der Waals surface area contributed by atoms with Crippen molar-refractivity contribution in [2.45, 2.75) is 13.8 Å². The molecule has 0 radical (unpaired) electrons. The van der Waals surface area contributed by atoms with Gasteiger partial charge in [0.1, 0.15) is 5.69 Å². The summed E-state index contributed by atoms with van der Waals surface area (Å²) < 4.78 is 0. The van der Waals surface area contributed by atoms with E-state index >= 15 is 0 Å². The first-order valence-corrected chi connectivity index (χ1v) is 8.16. The van der Waals surface area contributed by atoms with E-state index in [1.54, 1.807) is 5.38 Å². The molecule has 0 fully saturated rings. The molecule has 2 aromatic carbocycles. The normalized spacial score (nSPS) is 10.3. The Labute approximate surface area is 139 Å². The van der Waals surface area contributed by atoms with E-state index in [-0.39, 0.29) is 5.91 Å². The number of carbonyl (C=O) groups excluding carboxylic acids is 1. The van der Waals surface area contributed by atoms with Crippen molar-refractivity contribution < 1.29 is 4.79 Å². The number of anilines is 3. The van der Waals surface area contributed by atoms with E-state index in [1.807, 2.05) is 62.4 Å². The molecule has 0 aliphatic carbocycles. The van der Waals surface area contributed by atoms with Crippen LogP contribution in [0.1, 0.15) is 21.6 Å². The summed E-state index contributed by atoms with van der Waals surface area (Å²) in [6.45, 7) is 3.97. The Morgan fingerprint density at radius 1 is 1.09 bits per heavy atom. The molecule has 0 saturated heterocycles. The highest BCUT2D eigenvalue weighted by Gasteiger charge is 2.12. The summed E-state index contributed by atoms with van der Waals surface area (Å²) in [5.74, 6) is -0.198. The van der Waals surface area contributed by atoms with Gasteiger partial charge in [0, 0.05) is 16.8 Å². The topological polar surface area (TPSA) is 54.0 Å². The van der Waals surface area contributed by atoms with Crippen LogP contribution in [0.15, 0.2) is 53.9 Å². The quantitative estimate of drug-likeness (QED) is 0.728. The lowest BCUT2D eigenvalue weighted by atomic mass is 10.1. The molecule has 1 amide bonds. The zero-order valence-electron chi connectivity index (χ0n) is 13.0. The Hall–Kier alpha value is -2.66. The van der Waals surface area contributed by atoms with Gasteiger partial charge < -0.3 is 10.6 Å². The molecule has 4 nitrogen and oxygen atoms in total. The van der Waals surface area contributed by atoms with Crippen LogP contribution < -0.4 is 10.6 Å². The van der Waals surface area contributed by atoms with E-state index in [9.17, 15) is 4.79 Å². The summed E-state index contributed by atoms with van der Waals surface area (Å²) in [4.78, 5) is 16.7. The molecule has 23 heavy (non-hydrogen) atoms. The molecule has 0 bridgehead atoms. The molecule has 1 aromatic heterocycles. The van der Waals surface area contributed by atoms with E-state index in [1.165, 1.54) is 11.3 Å². The lowest BCUT2D eigenvalue weighted by Gasteiger charge is -2.08. The Morgan fingerprint density at radius 2 is 1.87 bits per heavy atom. The van der Waals surface area contributed by atoms with Crippen LogP contribution in [0.2, 0.25) is 0 Å². The monoisotopic (exact) mass is 323 g/mol. The van der Waals surface area contributed by atoms with Gasteiger partial charge in [0.25, 0.3) is 5.91 Å². The highest BCUT2D eigenvalue weighted by Crippen LogP contribution is 2.22. The van der Waals surface area contributed by atoms with Crippen molar-refractivity contribution in [3.8, 4) is 0 Å². The maximum atomic E-state index is 12.3. The largest absolute Gasteiger partial charge is 0.332 e. The average molecular weight is 323 g/mol. The Kier molecular flexibility index (Phi) is 4.39. The van der Waals surface area contributed by atoms with Gasteiger partial charge in [0.2, 0.25) is 0 Å². The van der Waals surface area contributed by atoms with Crippen LogP contribution in [0.25, 0.3) is 0 Å². The number of aromatic nitrogens is 1. The van der Waals surface area contributed by atoms with Crippen LogP contribution in [0.5, 0.6) is 0 Å².